The van der Waals surface area contributed by atoms with Gasteiger partial charge in [0.25, 0.3) is 0 Å². The quantitative estimate of drug-likeness (QED) is 0.690. The van der Waals surface area contributed by atoms with Crippen LogP contribution in [0.4, 0.5) is 4.39 Å². The van der Waals surface area contributed by atoms with Crippen LogP contribution in [0.2, 0.25) is 0 Å². The van der Waals surface area contributed by atoms with Crippen LogP contribution in [-0.2, 0) is 20.7 Å². The fraction of sp³-hybridized carbons (Fsp3) is 0.579. The SMILES string of the molecule is CCOC(=O)CN1CCCN(C(=O)CCc2ccc(OC)c(F)c2)CC1. The van der Waals surface area contributed by atoms with Gasteiger partial charge in [0.05, 0.1) is 20.3 Å². The van der Waals surface area contributed by atoms with Crippen molar-refractivity contribution in [3.8, 4) is 5.75 Å². The number of esters is 1. The highest BCUT2D eigenvalue weighted by atomic mass is 19.1. The Labute approximate surface area is 153 Å². The summed E-state index contributed by atoms with van der Waals surface area (Å²) >= 11 is 0. The van der Waals surface area contributed by atoms with Gasteiger partial charge in [0.1, 0.15) is 0 Å². The largest absolute Gasteiger partial charge is 0.494 e. The van der Waals surface area contributed by atoms with Crippen molar-refractivity contribution in [1.82, 2.24) is 9.80 Å². The lowest BCUT2D eigenvalue weighted by Gasteiger charge is -2.21. The number of amides is 1. The third-order valence-electron chi connectivity index (χ3n) is 4.44. The molecule has 1 saturated heterocycles. The fourth-order valence-corrected chi connectivity index (χ4v) is 3.04. The molecule has 0 atom stereocenters. The highest BCUT2D eigenvalue weighted by molar-refractivity contribution is 5.76. The first-order valence-electron chi connectivity index (χ1n) is 9.01. The molecule has 0 bridgehead atoms. The van der Waals surface area contributed by atoms with Gasteiger partial charge >= 0.3 is 5.97 Å². The minimum atomic E-state index is -0.415. The van der Waals surface area contributed by atoms with E-state index in [4.69, 9.17) is 9.47 Å². The standard InChI is InChI=1S/C19H27FN2O4/c1-3-26-19(24)14-21-9-4-10-22(12-11-21)18(23)8-6-15-5-7-17(25-2)16(20)13-15/h5,7,13H,3-4,6,8-12,14H2,1-2H3. The van der Waals surface area contributed by atoms with Gasteiger partial charge in [0, 0.05) is 32.6 Å². The molecule has 26 heavy (non-hydrogen) atoms. The number of carbonyl (C=O) groups excluding carboxylic acids is 2. The molecule has 0 aliphatic carbocycles. The fourth-order valence-electron chi connectivity index (χ4n) is 3.04. The first kappa shape index (κ1) is 20.2. The number of aryl methyl sites for hydroxylation is 1. The summed E-state index contributed by atoms with van der Waals surface area (Å²) in [7, 11) is 1.42. The summed E-state index contributed by atoms with van der Waals surface area (Å²) in [5, 5.41) is 0. The lowest BCUT2D eigenvalue weighted by molar-refractivity contribution is -0.144. The summed E-state index contributed by atoms with van der Waals surface area (Å²) in [5.74, 6) is -0.385. The second kappa shape index (κ2) is 10.1. The van der Waals surface area contributed by atoms with Crippen LogP contribution in [0, 0.1) is 5.82 Å². The third-order valence-corrected chi connectivity index (χ3v) is 4.44. The zero-order valence-electron chi connectivity index (χ0n) is 15.5. The molecule has 1 fully saturated rings. The van der Waals surface area contributed by atoms with E-state index in [1.165, 1.54) is 13.2 Å². The van der Waals surface area contributed by atoms with Gasteiger partial charge in [0.15, 0.2) is 11.6 Å². The van der Waals surface area contributed by atoms with E-state index < -0.39 is 5.82 Å². The molecule has 0 N–H and O–H groups in total. The summed E-state index contributed by atoms with van der Waals surface area (Å²) in [6, 6.07) is 4.77. The van der Waals surface area contributed by atoms with Crippen molar-refractivity contribution >= 4 is 11.9 Å². The molecule has 0 spiro atoms. The van der Waals surface area contributed by atoms with Crippen molar-refractivity contribution in [2.24, 2.45) is 0 Å². The first-order valence-corrected chi connectivity index (χ1v) is 9.01. The number of hydrogen-bond acceptors (Lipinski definition) is 5. The van der Waals surface area contributed by atoms with Crippen LogP contribution in [0.25, 0.3) is 0 Å². The highest BCUT2D eigenvalue weighted by Crippen LogP contribution is 2.19. The smallest absolute Gasteiger partial charge is 0.320 e. The number of rotatable bonds is 7. The van der Waals surface area contributed by atoms with Gasteiger partial charge in [-0.1, -0.05) is 6.07 Å². The van der Waals surface area contributed by atoms with Crippen molar-refractivity contribution < 1.29 is 23.5 Å². The Hall–Kier alpha value is -2.15. The van der Waals surface area contributed by atoms with Gasteiger partial charge in [0.2, 0.25) is 5.91 Å². The number of benzene rings is 1. The monoisotopic (exact) mass is 366 g/mol. The maximum absolute atomic E-state index is 13.7. The molecule has 0 aromatic heterocycles. The van der Waals surface area contributed by atoms with Gasteiger partial charge in [-0.3, -0.25) is 14.5 Å². The molecule has 0 saturated carbocycles. The van der Waals surface area contributed by atoms with Crippen molar-refractivity contribution in [1.29, 1.82) is 0 Å². The lowest BCUT2D eigenvalue weighted by Crippen LogP contribution is -2.37. The Morgan fingerprint density at radius 2 is 2.00 bits per heavy atom. The van der Waals surface area contributed by atoms with Crippen LogP contribution in [0.3, 0.4) is 0 Å². The van der Waals surface area contributed by atoms with Crippen LogP contribution < -0.4 is 4.74 Å². The van der Waals surface area contributed by atoms with Gasteiger partial charge in [-0.15, -0.1) is 0 Å². The number of ether oxygens (including phenoxy) is 2. The molecule has 1 aromatic rings. The number of halogens is 1. The Balaban J connectivity index is 1.80. The van der Waals surface area contributed by atoms with Gasteiger partial charge in [-0.05, 0) is 37.5 Å². The lowest BCUT2D eigenvalue weighted by atomic mass is 10.1. The predicted octanol–water partition coefficient (Wildman–Crippen LogP) is 1.86. The maximum Gasteiger partial charge on any atom is 0.320 e. The second-order valence-electron chi connectivity index (χ2n) is 6.28. The Morgan fingerprint density at radius 3 is 2.69 bits per heavy atom. The predicted molar refractivity (Wildman–Crippen MR) is 95.5 cm³/mol. The van der Waals surface area contributed by atoms with Gasteiger partial charge in [-0.2, -0.15) is 0 Å². The van der Waals surface area contributed by atoms with E-state index >= 15 is 0 Å². The maximum atomic E-state index is 13.7. The highest BCUT2D eigenvalue weighted by Gasteiger charge is 2.20. The summed E-state index contributed by atoms with van der Waals surface area (Å²) < 4.78 is 23.6. The van der Waals surface area contributed by atoms with Crippen molar-refractivity contribution in [3.63, 3.8) is 0 Å². The van der Waals surface area contributed by atoms with Crippen LogP contribution >= 0.6 is 0 Å². The molecule has 7 heteroatoms. The number of carbonyl (C=O) groups is 2. The van der Waals surface area contributed by atoms with E-state index in [-0.39, 0.29) is 24.2 Å². The molecule has 2 rings (SSSR count). The molecule has 1 aliphatic rings. The van der Waals surface area contributed by atoms with Crippen molar-refractivity contribution in [2.45, 2.75) is 26.2 Å². The minimum absolute atomic E-state index is 0.0548. The van der Waals surface area contributed by atoms with E-state index in [0.29, 0.717) is 39.1 Å². The molecule has 6 nitrogen and oxygen atoms in total. The summed E-state index contributed by atoms with van der Waals surface area (Å²) in [6.07, 6.45) is 1.65. The normalized spacial score (nSPS) is 15.4. The number of hydrogen-bond donors (Lipinski definition) is 0. The molecule has 0 radical (unpaired) electrons. The van der Waals surface area contributed by atoms with Crippen LogP contribution in [0.1, 0.15) is 25.3 Å². The average molecular weight is 366 g/mol. The van der Waals surface area contributed by atoms with Gasteiger partial charge < -0.3 is 14.4 Å². The van der Waals surface area contributed by atoms with E-state index in [0.717, 1.165) is 18.5 Å². The summed E-state index contributed by atoms with van der Waals surface area (Å²) in [6.45, 7) is 5.12. The van der Waals surface area contributed by atoms with Crippen molar-refractivity contribution in [2.75, 3.05) is 46.4 Å². The van der Waals surface area contributed by atoms with Crippen LogP contribution in [0.5, 0.6) is 5.75 Å². The van der Waals surface area contributed by atoms with Gasteiger partial charge in [-0.25, -0.2) is 4.39 Å². The molecule has 1 heterocycles. The van der Waals surface area contributed by atoms with E-state index in [1.54, 1.807) is 19.1 Å². The second-order valence-corrected chi connectivity index (χ2v) is 6.28. The third kappa shape index (κ3) is 5.98. The zero-order valence-corrected chi connectivity index (χ0v) is 15.5. The first-order chi connectivity index (χ1) is 12.5. The zero-order chi connectivity index (χ0) is 18.9. The molecule has 1 aromatic carbocycles. The molecule has 0 unspecified atom stereocenters. The van der Waals surface area contributed by atoms with E-state index in [9.17, 15) is 14.0 Å². The summed E-state index contributed by atoms with van der Waals surface area (Å²) in [4.78, 5) is 27.9. The Morgan fingerprint density at radius 1 is 1.19 bits per heavy atom. The van der Waals surface area contributed by atoms with E-state index in [1.807, 2.05) is 9.80 Å². The molecule has 144 valence electrons. The van der Waals surface area contributed by atoms with Crippen molar-refractivity contribution in [3.05, 3.63) is 29.6 Å². The molecule has 1 amide bonds. The topological polar surface area (TPSA) is 59.1 Å². The number of methoxy groups -OCH3 is 1. The Kier molecular flexibility index (Phi) is 7.84. The van der Waals surface area contributed by atoms with Crippen LogP contribution in [0.15, 0.2) is 18.2 Å². The molecule has 1 aliphatic heterocycles. The van der Waals surface area contributed by atoms with Crippen LogP contribution in [-0.4, -0.2) is 68.1 Å². The Bertz CT molecular complexity index is 624. The number of nitrogens with zero attached hydrogens (tertiary/aromatic N) is 2. The minimum Gasteiger partial charge on any atom is -0.494 e. The summed E-state index contributed by atoms with van der Waals surface area (Å²) in [5.41, 5.74) is 0.774. The molecular weight excluding hydrogens is 339 g/mol. The average Bonchev–Trinajstić information content (AvgIpc) is 2.85. The van der Waals surface area contributed by atoms with E-state index in [2.05, 4.69) is 0 Å². The molecular formula is C19H27FN2O4.